The summed E-state index contributed by atoms with van der Waals surface area (Å²) in [5.74, 6) is 1.23. The van der Waals surface area contributed by atoms with Crippen LogP contribution in [-0.4, -0.2) is 80.7 Å². The zero-order valence-corrected chi connectivity index (χ0v) is 19.0. The van der Waals surface area contributed by atoms with Gasteiger partial charge in [0.25, 0.3) is 5.91 Å². The van der Waals surface area contributed by atoms with Gasteiger partial charge in [0.15, 0.2) is 11.5 Å². The smallest absolute Gasteiger partial charge is 0.270 e. The van der Waals surface area contributed by atoms with Crippen molar-refractivity contribution in [2.75, 3.05) is 59.4 Å². The number of carbonyl (C=O) groups excluding carboxylic acids is 2. The van der Waals surface area contributed by atoms with Crippen LogP contribution in [0.15, 0.2) is 42.5 Å². The van der Waals surface area contributed by atoms with Gasteiger partial charge in [-0.3, -0.25) is 14.5 Å². The Balaban J connectivity index is 1.32. The van der Waals surface area contributed by atoms with Crippen molar-refractivity contribution in [3.63, 3.8) is 0 Å². The molecule has 3 aromatic rings. The van der Waals surface area contributed by atoms with Crippen LogP contribution >= 0.6 is 0 Å². The van der Waals surface area contributed by atoms with E-state index in [1.54, 1.807) is 12.1 Å². The highest BCUT2D eigenvalue weighted by molar-refractivity contribution is 5.98. The average Bonchev–Trinajstić information content (AvgIpc) is 3.27. The molecule has 0 unspecified atom stereocenters. The quantitative estimate of drug-likeness (QED) is 0.572. The number of nitrogens with one attached hydrogen (secondary N) is 2. The van der Waals surface area contributed by atoms with Crippen molar-refractivity contribution in [1.29, 1.82) is 0 Å². The van der Waals surface area contributed by atoms with E-state index in [0.29, 0.717) is 54.8 Å². The number of ether oxygens (including phenoxy) is 3. The minimum atomic E-state index is -0.153. The first-order chi connectivity index (χ1) is 16.0. The van der Waals surface area contributed by atoms with Gasteiger partial charge < -0.3 is 29.4 Å². The number of carbonyl (C=O) groups is 2. The first-order valence-corrected chi connectivity index (χ1v) is 10.7. The molecule has 0 bridgehead atoms. The van der Waals surface area contributed by atoms with Crippen LogP contribution in [0.2, 0.25) is 0 Å². The highest BCUT2D eigenvalue weighted by atomic mass is 16.5. The lowest BCUT2D eigenvalue weighted by molar-refractivity contribution is -0.117. The molecule has 0 atom stereocenters. The van der Waals surface area contributed by atoms with E-state index in [-0.39, 0.29) is 18.4 Å². The molecule has 0 spiro atoms. The van der Waals surface area contributed by atoms with Crippen LogP contribution in [0.5, 0.6) is 17.2 Å². The Bertz CT molecular complexity index is 1090. The van der Waals surface area contributed by atoms with Crippen molar-refractivity contribution in [3.8, 4) is 17.2 Å². The zero-order valence-electron chi connectivity index (χ0n) is 19.0. The second-order valence-corrected chi connectivity index (χ2v) is 7.80. The number of nitrogens with zero attached hydrogens (tertiary/aromatic N) is 2. The second kappa shape index (κ2) is 9.83. The van der Waals surface area contributed by atoms with E-state index in [2.05, 4.69) is 10.3 Å². The van der Waals surface area contributed by atoms with Crippen LogP contribution in [0.3, 0.4) is 0 Å². The number of aromatic nitrogens is 1. The number of fused-ring (bicyclic) bond motifs is 1. The summed E-state index contributed by atoms with van der Waals surface area (Å²) in [5.41, 5.74) is 2.09. The molecule has 1 fully saturated rings. The third kappa shape index (κ3) is 4.88. The minimum absolute atomic E-state index is 0.0206. The number of benzene rings is 2. The second-order valence-electron chi connectivity index (χ2n) is 7.80. The summed E-state index contributed by atoms with van der Waals surface area (Å²) >= 11 is 0. The topological polar surface area (TPSA) is 96.1 Å². The molecule has 4 rings (SSSR count). The first-order valence-electron chi connectivity index (χ1n) is 10.7. The number of aromatic amines is 1. The van der Waals surface area contributed by atoms with Crippen molar-refractivity contribution in [2.24, 2.45) is 0 Å². The zero-order chi connectivity index (χ0) is 23.4. The molecule has 33 heavy (non-hydrogen) atoms. The molecule has 2 N–H and O–H groups in total. The van der Waals surface area contributed by atoms with Crippen LogP contribution < -0.4 is 19.5 Å². The van der Waals surface area contributed by atoms with Gasteiger partial charge in [0.2, 0.25) is 11.7 Å². The predicted octanol–water partition coefficient (Wildman–Crippen LogP) is 2.59. The summed E-state index contributed by atoms with van der Waals surface area (Å²) < 4.78 is 16.0. The van der Waals surface area contributed by atoms with Crippen molar-refractivity contribution < 1.29 is 23.8 Å². The minimum Gasteiger partial charge on any atom is -0.493 e. The highest BCUT2D eigenvalue weighted by Crippen LogP contribution is 2.39. The van der Waals surface area contributed by atoms with Gasteiger partial charge in [0.1, 0.15) is 5.69 Å². The molecule has 9 nitrogen and oxygen atoms in total. The Morgan fingerprint density at radius 3 is 2.21 bits per heavy atom. The third-order valence-electron chi connectivity index (χ3n) is 5.74. The van der Waals surface area contributed by atoms with E-state index in [0.717, 1.165) is 10.9 Å². The van der Waals surface area contributed by atoms with E-state index >= 15 is 0 Å². The molecular formula is C24H28N4O5. The fourth-order valence-corrected chi connectivity index (χ4v) is 4.02. The third-order valence-corrected chi connectivity index (χ3v) is 5.74. The largest absolute Gasteiger partial charge is 0.493 e. The molecule has 1 aliphatic rings. The monoisotopic (exact) mass is 452 g/mol. The van der Waals surface area contributed by atoms with Crippen molar-refractivity contribution in [1.82, 2.24) is 14.8 Å². The van der Waals surface area contributed by atoms with Crippen LogP contribution in [0, 0.1) is 0 Å². The lowest BCUT2D eigenvalue weighted by Crippen LogP contribution is -2.50. The molecule has 9 heteroatoms. The van der Waals surface area contributed by atoms with E-state index in [1.807, 2.05) is 40.1 Å². The predicted molar refractivity (Wildman–Crippen MR) is 125 cm³/mol. The normalized spacial score (nSPS) is 14.2. The lowest BCUT2D eigenvalue weighted by Gasteiger charge is -2.34. The Labute approximate surface area is 192 Å². The number of piperazine rings is 1. The molecule has 0 radical (unpaired) electrons. The summed E-state index contributed by atoms with van der Waals surface area (Å²) in [7, 11) is 4.58. The SMILES string of the molecule is COc1cc(NC(=O)CN2CCN(C(=O)c3cc4ccccc4[nH]3)CC2)cc(OC)c1OC. The van der Waals surface area contributed by atoms with Gasteiger partial charge in [-0.2, -0.15) is 0 Å². The Morgan fingerprint density at radius 2 is 1.61 bits per heavy atom. The van der Waals surface area contributed by atoms with Gasteiger partial charge in [-0.1, -0.05) is 18.2 Å². The summed E-state index contributed by atoms with van der Waals surface area (Å²) in [6.45, 7) is 2.59. The number of hydrogen-bond acceptors (Lipinski definition) is 6. The number of H-pyrrole nitrogens is 1. The number of hydrogen-bond donors (Lipinski definition) is 2. The van der Waals surface area contributed by atoms with Crippen LogP contribution in [-0.2, 0) is 4.79 Å². The van der Waals surface area contributed by atoms with Crippen LogP contribution in [0.1, 0.15) is 10.5 Å². The summed E-state index contributed by atoms with van der Waals surface area (Å²) in [6.07, 6.45) is 0. The maximum atomic E-state index is 12.9. The van der Waals surface area contributed by atoms with Crippen LogP contribution in [0.25, 0.3) is 10.9 Å². The fourth-order valence-electron chi connectivity index (χ4n) is 4.02. The maximum Gasteiger partial charge on any atom is 0.270 e. The van der Waals surface area contributed by atoms with Gasteiger partial charge in [-0.15, -0.1) is 0 Å². The fraction of sp³-hybridized carbons (Fsp3) is 0.333. The molecule has 1 aromatic heterocycles. The molecule has 2 amide bonds. The number of methoxy groups -OCH3 is 3. The molecule has 0 aliphatic carbocycles. The summed E-state index contributed by atoms with van der Waals surface area (Å²) in [5, 5.41) is 3.90. The van der Waals surface area contributed by atoms with Crippen molar-refractivity contribution in [3.05, 3.63) is 48.2 Å². The van der Waals surface area contributed by atoms with Crippen molar-refractivity contribution in [2.45, 2.75) is 0 Å². The molecule has 174 valence electrons. The summed E-state index contributed by atoms with van der Waals surface area (Å²) in [4.78, 5) is 32.5. The Hall–Kier alpha value is -3.72. The first kappa shape index (κ1) is 22.5. The maximum absolute atomic E-state index is 12.9. The van der Waals surface area contributed by atoms with Gasteiger partial charge in [0.05, 0.1) is 27.9 Å². The van der Waals surface area contributed by atoms with Gasteiger partial charge >= 0.3 is 0 Å². The van der Waals surface area contributed by atoms with Gasteiger partial charge in [-0.25, -0.2) is 0 Å². The molecule has 2 heterocycles. The molecular weight excluding hydrogens is 424 g/mol. The van der Waals surface area contributed by atoms with Crippen molar-refractivity contribution >= 4 is 28.4 Å². The number of amides is 2. The molecule has 2 aromatic carbocycles. The number of para-hydroxylation sites is 1. The highest BCUT2D eigenvalue weighted by Gasteiger charge is 2.24. The van der Waals surface area contributed by atoms with E-state index < -0.39 is 0 Å². The van der Waals surface area contributed by atoms with Crippen LogP contribution in [0.4, 0.5) is 5.69 Å². The molecule has 1 saturated heterocycles. The Kier molecular flexibility index (Phi) is 6.69. The molecule has 0 saturated carbocycles. The number of anilines is 1. The van der Waals surface area contributed by atoms with E-state index in [4.69, 9.17) is 14.2 Å². The summed E-state index contributed by atoms with van der Waals surface area (Å²) in [6, 6.07) is 13.1. The average molecular weight is 453 g/mol. The van der Waals surface area contributed by atoms with Gasteiger partial charge in [0, 0.05) is 54.9 Å². The number of rotatable bonds is 7. The molecule has 1 aliphatic heterocycles. The Morgan fingerprint density at radius 1 is 0.939 bits per heavy atom. The standard InChI is InChI=1S/C24H28N4O5/c1-31-20-13-17(14-21(32-2)23(20)33-3)25-22(29)15-27-8-10-28(11-9-27)24(30)19-12-16-6-4-5-7-18(16)26-19/h4-7,12-14,26H,8-11,15H2,1-3H3,(H,25,29). The lowest BCUT2D eigenvalue weighted by atomic mass is 10.2. The van der Waals surface area contributed by atoms with E-state index in [9.17, 15) is 9.59 Å². The van der Waals surface area contributed by atoms with Gasteiger partial charge in [-0.05, 0) is 12.1 Å². The van der Waals surface area contributed by atoms with E-state index in [1.165, 1.54) is 21.3 Å².